The number of carbonyl (C=O) groups excluding carboxylic acids is 1. The fourth-order valence-electron chi connectivity index (χ4n) is 2.24. The first-order valence-electron chi connectivity index (χ1n) is 5.88. The third kappa shape index (κ3) is 3.08. The molecule has 0 aliphatic carbocycles. The summed E-state index contributed by atoms with van der Waals surface area (Å²) in [5, 5.41) is 0. The van der Waals surface area contributed by atoms with Crippen molar-refractivity contribution in [1.29, 1.82) is 0 Å². The van der Waals surface area contributed by atoms with Gasteiger partial charge in [0.05, 0.1) is 12.2 Å². The molecule has 1 amide bonds. The minimum absolute atomic E-state index is 0.0661. The van der Waals surface area contributed by atoms with Gasteiger partial charge >= 0.3 is 0 Å². The number of hydrogen-bond donors (Lipinski definition) is 1. The van der Waals surface area contributed by atoms with Crippen molar-refractivity contribution in [2.75, 3.05) is 26.8 Å². The van der Waals surface area contributed by atoms with Crippen LogP contribution in [0.1, 0.15) is 16.8 Å². The predicted octanol–water partition coefficient (Wildman–Crippen LogP) is 2.85. The maximum Gasteiger partial charge on any atom is 0.255 e. The summed E-state index contributed by atoms with van der Waals surface area (Å²) in [4.78, 5) is 15.1. The van der Waals surface area contributed by atoms with Crippen LogP contribution in [0.2, 0.25) is 0 Å². The molecule has 1 aromatic rings. The summed E-state index contributed by atoms with van der Waals surface area (Å²) in [7, 11) is 1.70. The van der Waals surface area contributed by atoms with Crippen LogP contribution in [0.25, 0.3) is 0 Å². The van der Waals surface area contributed by atoms with Crippen molar-refractivity contribution in [3.05, 3.63) is 28.2 Å². The average Bonchev–Trinajstić information content (AvgIpc) is 2.80. The molecule has 0 spiro atoms. The summed E-state index contributed by atoms with van der Waals surface area (Å²) in [6.45, 7) is 2.30. The molecule has 0 radical (unpaired) electrons. The molecule has 3 nitrogen and oxygen atoms in total. The van der Waals surface area contributed by atoms with E-state index in [1.807, 2.05) is 17.0 Å². The number of ether oxygens (including phenoxy) is 1. The first kappa shape index (κ1) is 13.9. The minimum Gasteiger partial charge on any atom is -0.384 e. The summed E-state index contributed by atoms with van der Waals surface area (Å²) in [6, 6.07) is 5.53. The van der Waals surface area contributed by atoms with Crippen molar-refractivity contribution in [3.8, 4) is 0 Å². The van der Waals surface area contributed by atoms with Crippen molar-refractivity contribution in [1.82, 2.24) is 4.90 Å². The lowest BCUT2D eigenvalue weighted by Gasteiger charge is -2.17. The molecular formula is C13H16BrNO2S. The van der Waals surface area contributed by atoms with Gasteiger partial charge in [-0.25, -0.2) is 0 Å². The summed E-state index contributed by atoms with van der Waals surface area (Å²) < 4.78 is 5.96. The second-order valence-electron chi connectivity index (χ2n) is 4.53. The van der Waals surface area contributed by atoms with Gasteiger partial charge in [0.25, 0.3) is 5.91 Å². The van der Waals surface area contributed by atoms with Crippen LogP contribution in [-0.4, -0.2) is 37.6 Å². The van der Waals surface area contributed by atoms with Crippen LogP contribution in [0, 0.1) is 5.92 Å². The lowest BCUT2D eigenvalue weighted by Crippen LogP contribution is -2.29. The molecule has 1 aliphatic rings. The maximum atomic E-state index is 12.4. The number of amides is 1. The SMILES string of the molecule is COCC1CCN(C(=O)c2cc(S)ccc2Br)C1. The van der Waals surface area contributed by atoms with E-state index in [0.29, 0.717) is 11.5 Å². The van der Waals surface area contributed by atoms with Gasteiger partial charge in [-0.15, -0.1) is 12.6 Å². The van der Waals surface area contributed by atoms with Gasteiger partial charge in [0.15, 0.2) is 0 Å². The molecule has 18 heavy (non-hydrogen) atoms. The first-order chi connectivity index (χ1) is 8.61. The molecule has 2 rings (SSSR count). The Labute approximate surface area is 121 Å². The second kappa shape index (κ2) is 6.08. The van der Waals surface area contributed by atoms with E-state index in [0.717, 1.165) is 35.5 Å². The molecule has 1 unspecified atom stereocenters. The zero-order valence-electron chi connectivity index (χ0n) is 10.2. The average molecular weight is 330 g/mol. The summed E-state index contributed by atoms with van der Waals surface area (Å²) in [6.07, 6.45) is 1.01. The Hall–Kier alpha value is -0.520. The smallest absolute Gasteiger partial charge is 0.255 e. The van der Waals surface area contributed by atoms with Crippen LogP contribution < -0.4 is 0 Å². The Morgan fingerprint density at radius 3 is 3.11 bits per heavy atom. The van der Waals surface area contributed by atoms with E-state index in [1.165, 1.54) is 0 Å². The lowest BCUT2D eigenvalue weighted by atomic mass is 10.1. The minimum atomic E-state index is 0.0661. The van der Waals surface area contributed by atoms with Crippen molar-refractivity contribution in [3.63, 3.8) is 0 Å². The zero-order valence-corrected chi connectivity index (χ0v) is 12.7. The fraction of sp³-hybridized carbons (Fsp3) is 0.462. The molecule has 1 aromatic carbocycles. The third-order valence-corrected chi connectivity index (χ3v) is 4.13. The van der Waals surface area contributed by atoms with E-state index in [-0.39, 0.29) is 5.91 Å². The van der Waals surface area contributed by atoms with Gasteiger partial charge in [-0.3, -0.25) is 4.79 Å². The number of nitrogens with zero attached hydrogens (tertiary/aromatic N) is 1. The highest BCUT2D eigenvalue weighted by molar-refractivity contribution is 9.10. The molecule has 1 atom stereocenters. The molecule has 0 saturated carbocycles. The van der Waals surface area contributed by atoms with E-state index < -0.39 is 0 Å². The number of carbonyl (C=O) groups is 1. The maximum absolute atomic E-state index is 12.4. The number of methoxy groups -OCH3 is 1. The molecule has 0 bridgehead atoms. The van der Waals surface area contributed by atoms with Crippen LogP contribution in [0.15, 0.2) is 27.6 Å². The van der Waals surface area contributed by atoms with Gasteiger partial charge in [-0.2, -0.15) is 0 Å². The van der Waals surface area contributed by atoms with E-state index in [2.05, 4.69) is 28.6 Å². The van der Waals surface area contributed by atoms with Gasteiger partial charge in [-0.05, 0) is 40.5 Å². The molecule has 1 heterocycles. The van der Waals surface area contributed by atoms with Crippen molar-refractivity contribution in [2.24, 2.45) is 5.92 Å². The highest BCUT2D eigenvalue weighted by atomic mass is 79.9. The van der Waals surface area contributed by atoms with E-state index in [1.54, 1.807) is 13.2 Å². The van der Waals surface area contributed by atoms with E-state index in [9.17, 15) is 4.79 Å². The second-order valence-corrected chi connectivity index (χ2v) is 5.90. The standard InChI is InChI=1S/C13H16BrNO2S/c1-17-8-9-4-5-15(7-9)13(16)11-6-10(18)2-3-12(11)14/h2-3,6,9,18H,4-5,7-8H2,1H3. The zero-order chi connectivity index (χ0) is 13.1. The number of likely N-dealkylation sites (tertiary alicyclic amines) is 1. The Bertz CT molecular complexity index is 453. The van der Waals surface area contributed by atoms with Crippen LogP contribution in [0.3, 0.4) is 0 Å². The Balaban J connectivity index is 2.10. The van der Waals surface area contributed by atoms with Gasteiger partial charge in [0, 0.05) is 35.5 Å². The molecule has 1 fully saturated rings. The summed E-state index contributed by atoms with van der Waals surface area (Å²) >= 11 is 7.70. The Morgan fingerprint density at radius 2 is 2.39 bits per heavy atom. The number of benzene rings is 1. The van der Waals surface area contributed by atoms with E-state index >= 15 is 0 Å². The van der Waals surface area contributed by atoms with Crippen LogP contribution in [0.4, 0.5) is 0 Å². The molecule has 1 aliphatic heterocycles. The highest BCUT2D eigenvalue weighted by Crippen LogP contribution is 2.25. The summed E-state index contributed by atoms with van der Waals surface area (Å²) in [5.74, 6) is 0.522. The van der Waals surface area contributed by atoms with E-state index in [4.69, 9.17) is 4.74 Å². The van der Waals surface area contributed by atoms with Crippen molar-refractivity contribution >= 4 is 34.5 Å². The van der Waals surface area contributed by atoms with Gasteiger partial charge in [-0.1, -0.05) is 0 Å². The molecule has 1 saturated heterocycles. The van der Waals surface area contributed by atoms with Gasteiger partial charge in [0.2, 0.25) is 0 Å². The molecule has 0 aromatic heterocycles. The van der Waals surface area contributed by atoms with Crippen molar-refractivity contribution in [2.45, 2.75) is 11.3 Å². The third-order valence-electron chi connectivity index (χ3n) is 3.16. The van der Waals surface area contributed by atoms with Crippen LogP contribution >= 0.6 is 28.6 Å². The number of halogens is 1. The number of thiol groups is 1. The van der Waals surface area contributed by atoms with Crippen LogP contribution in [0.5, 0.6) is 0 Å². The van der Waals surface area contributed by atoms with Gasteiger partial charge in [0.1, 0.15) is 0 Å². The van der Waals surface area contributed by atoms with Crippen LogP contribution in [-0.2, 0) is 4.74 Å². The number of hydrogen-bond acceptors (Lipinski definition) is 3. The molecule has 5 heteroatoms. The molecular weight excluding hydrogens is 314 g/mol. The van der Waals surface area contributed by atoms with Crippen molar-refractivity contribution < 1.29 is 9.53 Å². The van der Waals surface area contributed by atoms with Gasteiger partial charge < -0.3 is 9.64 Å². The monoisotopic (exact) mass is 329 g/mol. The first-order valence-corrected chi connectivity index (χ1v) is 7.12. The normalized spacial score (nSPS) is 19.3. The fourth-order valence-corrected chi connectivity index (χ4v) is 2.86. The lowest BCUT2D eigenvalue weighted by molar-refractivity contribution is 0.0774. The predicted molar refractivity (Wildman–Crippen MR) is 77.3 cm³/mol. The quantitative estimate of drug-likeness (QED) is 0.864. The summed E-state index contributed by atoms with van der Waals surface area (Å²) in [5.41, 5.74) is 0.681. The largest absolute Gasteiger partial charge is 0.384 e. The molecule has 98 valence electrons. The topological polar surface area (TPSA) is 29.5 Å². The Morgan fingerprint density at radius 1 is 1.61 bits per heavy atom. The Kier molecular flexibility index (Phi) is 4.70. The highest BCUT2D eigenvalue weighted by Gasteiger charge is 2.27. The number of rotatable bonds is 3. The molecule has 0 N–H and O–H groups in total.